The molecule has 0 radical (unpaired) electrons. The Hall–Kier alpha value is 0.650. The van der Waals surface area contributed by atoms with E-state index >= 15 is 0 Å². The van der Waals surface area contributed by atoms with Crippen molar-refractivity contribution < 1.29 is 0 Å². The maximum atomic E-state index is 2.60. The summed E-state index contributed by atoms with van der Waals surface area (Å²) in [5.74, 6) is 2.07. The van der Waals surface area contributed by atoms with Crippen molar-refractivity contribution in [3.8, 4) is 0 Å². The molecular weight excluding hydrogens is 323 g/mol. The highest BCUT2D eigenvalue weighted by Gasteiger charge is 2.21. The summed E-state index contributed by atoms with van der Waals surface area (Å²) in [5, 5.41) is 0. The van der Waals surface area contributed by atoms with Crippen LogP contribution in [0.15, 0.2) is 0 Å². The van der Waals surface area contributed by atoms with Crippen molar-refractivity contribution in [2.75, 3.05) is 32.7 Å². The second-order valence-corrected chi connectivity index (χ2v) is 7.17. The second kappa shape index (κ2) is 7.29. The van der Waals surface area contributed by atoms with Crippen LogP contribution < -0.4 is 0 Å². The summed E-state index contributed by atoms with van der Waals surface area (Å²) in [5.41, 5.74) is 0. The van der Waals surface area contributed by atoms with Gasteiger partial charge in [0, 0.05) is 36.0 Å². The quantitative estimate of drug-likeness (QED) is 0.565. The molecule has 0 atom stereocenters. The summed E-state index contributed by atoms with van der Waals surface area (Å²) in [6.07, 6.45) is 8.80. The number of nitrogens with zero attached hydrogens (tertiary/aromatic N) is 2. The third-order valence-corrected chi connectivity index (χ3v) is 5.66. The molecule has 2 saturated heterocycles. The van der Waals surface area contributed by atoms with Crippen LogP contribution in [0.5, 0.6) is 0 Å². The van der Waals surface area contributed by atoms with Gasteiger partial charge in [-0.2, -0.15) is 0 Å². The Morgan fingerprint density at radius 3 is 1.82 bits per heavy atom. The lowest BCUT2D eigenvalue weighted by Crippen LogP contribution is -2.33. The third kappa shape index (κ3) is 4.67. The molecule has 17 heavy (non-hydrogen) atoms. The van der Waals surface area contributed by atoms with Crippen LogP contribution in [-0.2, 0) is 0 Å². The van der Waals surface area contributed by atoms with Gasteiger partial charge in [0.25, 0.3) is 0 Å². The lowest BCUT2D eigenvalue weighted by atomic mass is 9.85. The molecule has 0 aromatic rings. The minimum atomic E-state index is 1.03. The Bertz CT molecular complexity index is 206. The topological polar surface area (TPSA) is 6.48 Å². The molecule has 0 saturated carbocycles. The van der Waals surface area contributed by atoms with E-state index in [1.54, 1.807) is 0 Å². The summed E-state index contributed by atoms with van der Waals surface area (Å²) in [6, 6.07) is 0. The Morgan fingerprint density at radius 2 is 1.35 bits per heavy atom. The zero-order valence-corrected chi connectivity index (χ0v) is 13.4. The first kappa shape index (κ1) is 14.1. The molecule has 100 valence electrons. The fourth-order valence-corrected chi connectivity index (χ4v) is 3.81. The molecule has 0 aromatic carbocycles. The van der Waals surface area contributed by atoms with Crippen LogP contribution in [0.1, 0.15) is 45.4 Å². The molecule has 2 aliphatic heterocycles. The van der Waals surface area contributed by atoms with Gasteiger partial charge in [0.2, 0.25) is 0 Å². The van der Waals surface area contributed by atoms with E-state index in [-0.39, 0.29) is 0 Å². The molecule has 2 fully saturated rings. The van der Waals surface area contributed by atoms with Crippen LogP contribution in [0.2, 0.25) is 0 Å². The molecule has 0 aliphatic carbocycles. The van der Waals surface area contributed by atoms with Crippen molar-refractivity contribution in [2.24, 2.45) is 11.8 Å². The van der Waals surface area contributed by atoms with E-state index in [0.717, 1.165) is 11.8 Å². The van der Waals surface area contributed by atoms with E-state index in [0.29, 0.717) is 0 Å². The summed E-state index contributed by atoms with van der Waals surface area (Å²) in [7, 11) is 0. The molecule has 0 unspecified atom stereocenters. The van der Waals surface area contributed by atoms with Gasteiger partial charge >= 0.3 is 0 Å². The van der Waals surface area contributed by atoms with Crippen LogP contribution in [0, 0.1) is 11.8 Å². The normalized spacial score (nSPS) is 26.5. The summed E-state index contributed by atoms with van der Waals surface area (Å²) in [6.45, 7) is 8.89. The van der Waals surface area contributed by atoms with E-state index in [1.165, 1.54) is 71.2 Å². The standard InChI is InChI=1S/C14H27IN2/c1-2-16-9-5-13(6-10-16)3-4-14-7-11-17(15)12-8-14/h13-14H,2-12H2,1H3. The van der Waals surface area contributed by atoms with Crippen LogP contribution >= 0.6 is 22.9 Å². The number of likely N-dealkylation sites (tertiary alicyclic amines) is 1. The minimum Gasteiger partial charge on any atom is -0.304 e. The number of rotatable bonds is 4. The van der Waals surface area contributed by atoms with Crippen molar-refractivity contribution in [3.05, 3.63) is 0 Å². The van der Waals surface area contributed by atoms with E-state index < -0.39 is 0 Å². The maximum absolute atomic E-state index is 2.60. The fraction of sp³-hybridized carbons (Fsp3) is 1.00. The van der Waals surface area contributed by atoms with Gasteiger partial charge < -0.3 is 4.90 Å². The fourth-order valence-electron chi connectivity index (χ4n) is 3.25. The maximum Gasteiger partial charge on any atom is 0.0201 e. The lowest BCUT2D eigenvalue weighted by molar-refractivity contribution is 0.175. The SMILES string of the molecule is CCN1CCC(CCC2CCN(I)CC2)CC1. The van der Waals surface area contributed by atoms with Crippen LogP contribution in [0.3, 0.4) is 0 Å². The highest BCUT2D eigenvalue weighted by molar-refractivity contribution is 14.1. The molecule has 2 aliphatic rings. The van der Waals surface area contributed by atoms with Crippen LogP contribution in [0.25, 0.3) is 0 Å². The van der Waals surface area contributed by atoms with Gasteiger partial charge in [-0.3, -0.25) is 0 Å². The Labute approximate surface area is 121 Å². The zero-order chi connectivity index (χ0) is 12.1. The van der Waals surface area contributed by atoms with E-state index in [1.807, 2.05) is 0 Å². The highest BCUT2D eigenvalue weighted by Crippen LogP contribution is 2.28. The molecule has 2 heterocycles. The molecule has 3 heteroatoms. The highest BCUT2D eigenvalue weighted by atomic mass is 127. The van der Waals surface area contributed by atoms with Gasteiger partial charge in [-0.25, -0.2) is 3.11 Å². The van der Waals surface area contributed by atoms with Gasteiger partial charge in [-0.1, -0.05) is 19.8 Å². The van der Waals surface area contributed by atoms with Gasteiger partial charge in [0.05, 0.1) is 0 Å². The molecule has 2 rings (SSSR count). The Kier molecular flexibility index (Phi) is 6.03. The van der Waals surface area contributed by atoms with Crippen molar-refractivity contribution in [2.45, 2.75) is 45.4 Å². The van der Waals surface area contributed by atoms with E-state index in [4.69, 9.17) is 0 Å². The van der Waals surface area contributed by atoms with Gasteiger partial charge in [-0.05, 0) is 57.2 Å². The van der Waals surface area contributed by atoms with Crippen molar-refractivity contribution >= 4 is 22.9 Å². The van der Waals surface area contributed by atoms with E-state index in [9.17, 15) is 0 Å². The zero-order valence-electron chi connectivity index (χ0n) is 11.2. The lowest BCUT2D eigenvalue weighted by Gasteiger charge is -2.33. The molecule has 0 aromatic heterocycles. The second-order valence-electron chi connectivity index (χ2n) is 5.81. The first-order chi connectivity index (χ1) is 8.28. The van der Waals surface area contributed by atoms with Crippen LogP contribution in [0.4, 0.5) is 0 Å². The smallest absolute Gasteiger partial charge is 0.0201 e. The summed E-state index contributed by atoms with van der Waals surface area (Å²) >= 11 is 2.47. The molecule has 0 bridgehead atoms. The van der Waals surface area contributed by atoms with E-state index in [2.05, 4.69) is 37.8 Å². The average molecular weight is 350 g/mol. The third-order valence-electron chi connectivity index (χ3n) is 4.70. The Morgan fingerprint density at radius 1 is 0.882 bits per heavy atom. The molecular formula is C14H27IN2. The first-order valence-corrected chi connectivity index (χ1v) is 8.37. The number of piperidine rings is 2. The first-order valence-electron chi connectivity index (χ1n) is 7.41. The van der Waals surface area contributed by atoms with Crippen molar-refractivity contribution in [1.29, 1.82) is 0 Å². The Balaban J connectivity index is 1.59. The molecule has 0 amide bonds. The number of hydrogen-bond donors (Lipinski definition) is 0. The molecule has 0 N–H and O–H groups in total. The predicted octanol–water partition coefficient (Wildman–Crippen LogP) is 3.56. The largest absolute Gasteiger partial charge is 0.304 e. The molecule has 0 spiro atoms. The summed E-state index contributed by atoms with van der Waals surface area (Å²) < 4.78 is 2.45. The predicted molar refractivity (Wildman–Crippen MR) is 82.4 cm³/mol. The van der Waals surface area contributed by atoms with Crippen molar-refractivity contribution in [3.63, 3.8) is 0 Å². The monoisotopic (exact) mass is 350 g/mol. The van der Waals surface area contributed by atoms with Crippen molar-refractivity contribution in [1.82, 2.24) is 8.01 Å². The average Bonchev–Trinajstić information content (AvgIpc) is 2.39. The van der Waals surface area contributed by atoms with Crippen LogP contribution in [-0.4, -0.2) is 40.7 Å². The minimum absolute atomic E-state index is 1.03. The summed E-state index contributed by atoms with van der Waals surface area (Å²) in [4.78, 5) is 2.60. The molecule has 2 nitrogen and oxygen atoms in total. The van der Waals surface area contributed by atoms with Gasteiger partial charge in [0.15, 0.2) is 0 Å². The van der Waals surface area contributed by atoms with Gasteiger partial charge in [0.1, 0.15) is 0 Å². The number of halogens is 1. The van der Waals surface area contributed by atoms with Gasteiger partial charge in [-0.15, -0.1) is 0 Å². The number of hydrogen-bond acceptors (Lipinski definition) is 2.